The van der Waals surface area contributed by atoms with Gasteiger partial charge in [0.15, 0.2) is 0 Å². The van der Waals surface area contributed by atoms with Gasteiger partial charge in [-0.15, -0.1) is 0 Å². The van der Waals surface area contributed by atoms with Crippen LogP contribution < -0.4 is 30.0 Å². The molecule has 2 aliphatic carbocycles. The molecule has 1 nitrogen and oxygen atoms in total. The van der Waals surface area contributed by atoms with E-state index >= 15 is 0 Å². The molecule has 3 aromatic rings. The van der Waals surface area contributed by atoms with E-state index in [-0.39, 0.29) is 30.2 Å². The number of rotatable bonds is 3. The van der Waals surface area contributed by atoms with Gasteiger partial charge < -0.3 is 24.8 Å². The quantitative estimate of drug-likeness (QED) is 0.412. The first-order chi connectivity index (χ1) is 16.2. The predicted molar refractivity (Wildman–Crippen MR) is 142 cm³/mol. The van der Waals surface area contributed by atoms with Crippen molar-refractivity contribution in [3.8, 4) is 11.1 Å². The molecule has 0 spiro atoms. The van der Waals surface area contributed by atoms with Crippen molar-refractivity contribution in [2.45, 2.75) is 52.6 Å². The van der Waals surface area contributed by atoms with E-state index in [0.717, 1.165) is 17.9 Å². The number of aryl methyl sites for hydroxylation is 1. The van der Waals surface area contributed by atoms with E-state index in [1.165, 1.54) is 77.0 Å². The molecule has 0 saturated carbocycles. The Hall–Kier alpha value is -1.51. The van der Waals surface area contributed by atoms with Gasteiger partial charge in [0.05, 0.1) is 0 Å². The van der Waals surface area contributed by atoms with Crippen LogP contribution in [0.3, 0.4) is 0 Å². The molecule has 0 atom stereocenters. The fourth-order valence-electron chi connectivity index (χ4n) is 5.08. The third-order valence-corrected chi connectivity index (χ3v) is 9.65. The Morgan fingerprint density at radius 3 is 2.08 bits per heavy atom. The largest absolute Gasteiger partial charge is 1.00 e. The summed E-state index contributed by atoms with van der Waals surface area (Å²) in [7, 11) is -0.671. The normalized spacial score (nSPS) is 14.4. The molecule has 0 aliphatic heterocycles. The van der Waals surface area contributed by atoms with Crippen LogP contribution in [0.25, 0.3) is 25.6 Å². The standard InChI is InChI=1S/C31H31OSi.2ClH.Zr/c1-20-11-17-26(32-20)25-19-23-14-18-27(33(5)6)29(30(23)28(25)21-9-7-8-10-21)22-12-15-24(16-13-22)31(2,3)4;;;/h7-9,11-18H,10H2,1-6H3;2*1H;/q;;;+2/p-2. The van der Waals surface area contributed by atoms with E-state index < -0.39 is 8.41 Å². The minimum Gasteiger partial charge on any atom is -1.00 e. The molecule has 1 heterocycles. The van der Waals surface area contributed by atoms with Gasteiger partial charge in [-0.25, -0.2) is 0 Å². The van der Waals surface area contributed by atoms with Crippen molar-refractivity contribution in [2.75, 3.05) is 0 Å². The van der Waals surface area contributed by atoms with Crippen molar-refractivity contribution in [1.29, 1.82) is 0 Å². The number of furan rings is 1. The zero-order valence-electron chi connectivity index (χ0n) is 21.7. The SMILES string of the molecule is Cc1ccc(C2=C(C3=CC=CC3)c3c(-c4ccc(C(C)(C)C)cc4)c(=[Si](C)C)ccc3=[C]2[Zr+2])o1.[Cl-].[Cl-]. The van der Waals surface area contributed by atoms with Gasteiger partial charge >= 0.3 is 221 Å². The first-order valence-corrected chi connectivity index (χ1v) is 15.7. The summed E-state index contributed by atoms with van der Waals surface area (Å²) in [5, 5.41) is 1.38. The molecule has 0 N–H and O–H groups in total. The van der Waals surface area contributed by atoms with E-state index in [1.54, 1.807) is 0 Å². The summed E-state index contributed by atoms with van der Waals surface area (Å²) < 4.78 is 7.63. The second kappa shape index (κ2) is 11.1. The fourth-order valence-corrected chi connectivity index (χ4v) is 7.39. The average molecular weight is 610 g/mol. The van der Waals surface area contributed by atoms with Crippen LogP contribution in [0.4, 0.5) is 0 Å². The van der Waals surface area contributed by atoms with Crippen molar-refractivity contribution in [3.05, 3.63) is 105 Å². The monoisotopic (exact) mass is 607 g/mol. The zero-order chi connectivity index (χ0) is 24.2. The second-order valence-electron chi connectivity index (χ2n) is 10.6. The van der Waals surface area contributed by atoms with Crippen LogP contribution in [0, 0.1) is 11.7 Å². The third kappa shape index (κ3) is 5.10. The molecule has 0 radical (unpaired) electrons. The van der Waals surface area contributed by atoms with Crippen molar-refractivity contribution in [2.24, 2.45) is 0 Å². The topological polar surface area (TPSA) is 13.1 Å². The molecule has 0 unspecified atom stereocenters. The van der Waals surface area contributed by atoms with Crippen molar-refractivity contribution < 1.29 is 54.0 Å². The summed E-state index contributed by atoms with van der Waals surface area (Å²) in [6.07, 6.45) is 7.74. The van der Waals surface area contributed by atoms with E-state index in [2.05, 4.69) is 101 Å². The van der Waals surface area contributed by atoms with Gasteiger partial charge in [-0.2, -0.15) is 0 Å². The molecule has 0 saturated heterocycles. The smallest absolute Gasteiger partial charge is 1.00 e. The minimum atomic E-state index is -0.671. The van der Waals surface area contributed by atoms with Crippen LogP contribution in [0.5, 0.6) is 0 Å². The van der Waals surface area contributed by atoms with Crippen molar-refractivity contribution in [1.82, 2.24) is 0 Å². The van der Waals surface area contributed by atoms with Gasteiger partial charge in [-0.1, -0.05) is 0 Å². The van der Waals surface area contributed by atoms with Crippen molar-refractivity contribution >= 4 is 22.8 Å². The summed E-state index contributed by atoms with van der Waals surface area (Å²) in [6.45, 7) is 13.7. The summed E-state index contributed by atoms with van der Waals surface area (Å²) in [5.74, 6) is 1.96. The van der Waals surface area contributed by atoms with Gasteiger partial charge in [0.25, 0.3) is 0 Å². The van der Waals surface area contributed by atoms with Crippen LogP contribution in [0.15, 0.2) is 76.7 Å². The van der Waals surface area contributed by atoms with Gasteiger partial charge in [-0.05, 0) is 0 Å². The number of hydrogen-bond donors (Lipinski definition) is 0. The van der Waals surface area contributed by atoms with Crippen LogP contribution in [-0.4, -0.2) is 8.41 Å². The zero-order valence-corrected chi connectivity index (χ0v) is 26.7. The summed E-state index contributed by atoms with van der Waals surface area (Å²) in [4.78, 5) is 1.51. The molecule has 2 aromatic carbocycles. The van der Waals surface area contributed by atoms with Crippen LogP contribution in [-0.2, 0) is 30.1 Å². The Balaban J connectivity index is 0.00000180. The molecule has 0 fully saturated rings. The summed E-state index contributed by atoms with van der Waals surface area (Å²) in [6, 6.07) is 18.4. The Bertz CT molecular complexity index is 1530. The summed E-state index contributed by atoms with van der Waals surface area (Å²) in [5.41, 5.74) is 9.76. The van der Waals surface area contributed by atoms with E-state index in [4.69, 9.17) is 4.42 Å². The van der Waals surface area contributed by atoms with Crippen LogP contribution >= 0.6 is 0 Å². The first kappa shape index (κ1) is 29.1. The van der Waals surface area contributed by atoms with Gasteiger partial charge in [0, 0.05) is 0 Å². The molecule has 5 rings (SSSR count). The average Bonchev–Trinajstić information content (AvgIpc) is 3.52. The van der Waals surface area contributed by atoms with Gasteiger partial charge in [0.2, 0.25) is 0 Å². The van der Waals surface area contributed by atoms with E-state index in [9.17, 15) is 0 Å². The second-order valence-corrected chi connectivity index (χ2v) is 14.4. The number of halogens is 2. The molecule has 183 valence electrons. The summed E-state index contributed by atoms with van der Waals surface area (Å²) >= 11 is 1.43. The Morgan fingerprint density at radius 2 is 1.56 bits per heavy atom. The van der Waals surface area contributed by atoms with E-state index in [0.29, 0.717) is 0 Å². The molecular weight excluding hydrogens is 579 g/mol. The predicted octanol–water partition coefficient (Wildman–Crippen LogP) is 1.61. The molecule has 0 amide bonds. The molecule has 2 aliphatic rings. The molecule has 1 aromatic heterocycles. The number of hydrogen-bond acceptors (Lipinski definition) is 1. The van der Waals surface area contributed by atoms with Crippen LogP contribution in [0.1, 0.15) is 49.8 Å². The third-order valence-electron chi connectivity index (χ3n) is 6.88. The number of allylic oxidation sites excluding steroid dienone is 6. The molecule has 0 bridgehead atoms. The fraction of sp³-hybridized carbons (Fsp3) is 0.258. The Morgan fingerprint density at radius 1 is 0.861 bits per heavy atom. The maximum Gasteiger partial charge on any atom is -1.00 e. The van der Waals surface area contributed by atoms with Crippen molar-refractivity contribution in [3.63, 3.8) is 0 Å². The molecule has 5 heteroatoms. The number of fused-ring (bicyclic) bond motifs is 1. The molecular formula is C31H31Cl2OSiZr. The maximum absolute atomic E-state index is 6.23. The van der Waals surface area contributed by atoms with Crippen LogP contribution in [0.2, 0.25) is 13.1 Å². The first-order valence-electron chi connectivity index (χ1n) is 12.0. The molecule has 36 heavy (non-hydrogen) atoms. The number of benzene rings is 2. The van der Waals surface area contributed by atoms with Gasteiger partial charge in [0.1, 0.15) is 0 Å². The Kier molecular flexibility index (Phi) is 8.94. The van der Waals surface area contributed by atoms with E-state index in [1.807, 2.05) is 6.92 Å². The Labute approximate surface area is 244 Å². The van der Waals surface area contributed by atoms with Gasteiger partial charge in [-0.3, -0.25) is 0 Å². The minimum absolute atomic E-state index is 0. The maximum atomic E-state index is 6.23.